The number of rotatable bonds is 4. The molecular weight excluding hydrogens is 364 g/mol. The maximum Gasteiger partial charge on any atom is 0.163 e. The molecule has 6 nitrogen and oxygen atoms in total. The van der Waals surface area contributed by atoms with Crippen LogP contribution in [0.1, 0.15) is 0 Å². The second-order valence-corrected chi connectivity index (χ2v) is 6.24. The second-order valence-electron chi connectivity index (χ2n) is 5.81. The highest BCUT2D eigenvalue weighted by Crippen LogP contribution is 2.33. The van der Waals surface area contributed by atoms with E-state index in [1.807, 2.05) is 30.3 Å². The second kappa shape index (κ2) is 7.09. The molecule has 0 bridgehead atoms. The van der Waals surface area contributed by atoms with E-state index in [1.54, 1.807) is 31.6 Å². The third kappa shape index (κ3) is 3.47. The van der Waals surface area contributed by atoms with Gasteiger partial charge in [0, 0.05) is 28.4 Å². The number of aromatic nitrogens is 3. The molecule has 0 saturated carbocycles. The van der Waals surface area contributed by atoms with Crippen molar-refractivity contribution < 1.29 is 9.84 Å². The van der Waals surface area contributed by atoms with Gasteiger partial charge in [-0.25, -0.2) is 9.97 Å². The lowest BCUT2D eigenvalue weighted by molar-refractivity contribution is 0.415. The molecule has 7 heteroatoms. The number of fused-ring (bicyclic) bond motifs is 1. The molecule has 0 unspecified atom stereocenters. The van der Waals surface area contributed by atoms with Gasteiger partial charge in [-0.15, -0.1) is 0 Å². The average Bonchev–Trinajstić information content (AvgIpc) is 2.71. The molecule has 0 aliphatic heterocycles. The summed E-state index contributed by atoms with van der Waals surface area (Å²) in [6, 6.07) is 14.0. The fourth-order valence-electron chi connectivity index (χ4n) is 2.69. The SMILES string of the molecule is COc1ccc2nc(-c3cccnc3)nc(Nc3cc(Cl)ccc3O)c2c1. The molecule has 2 aromatic carbocycles. The van der Waals surface area contributed by atoms with Crippen LogP contribution in [0.5, 0.6) is 11.5 Å². The summed E-state index contributed by atoms with van der Waals surface area (Å²) in [4.78, 5) is 13.4. The standard InChI is InChI=1S/C20H15ClN4O2/c1-27-14-5-6-16-15(10-14)20(24-17-9-13(21)4-7-18(17)26)25-19(23-16)12-3-2-8-22-11-12/h2-11,26H,1H3,(H,23,24,25). The zero-order valence-electron chi connectivity index (χ0n) is 14.3. The number of phenolic OH excluding ortho intramolecular Hbond substituents is 1. The van der Waals surface area contributed by atoms with Gasteiger partial charge in [-0.2, -0.15) is 0 Å². The van der Waals surface area contributed by atoms with Crippen LogP contribution in [0.15, 0.2) is 60.9 Å². The van der Waals surface area contributed by atoms with Crippen molar-refractivity contribution >= 4 is 34.0 Å². The van der Waals surface area contributed by atoms with Crippen LogP contribution in [0.4, 0.5) is 11.5 Å². The van der Waals surface area contributed by atoms with Gasteiger partial charge in [0.2, 0.25) is 0 Å². The van der Waals surface area contributed by atoms with E-state index in [2.05, 4.69) is 20.3 Å². The van der Waals surface area contributed by atoms with Crippen LogP contribution in [0.2, 0.25) is 5.02 Å². The van der Waals surface area contributed by atoms with Crippen LogP contribution in [-0.4, -0.2) is 27.2 Å². The van der Waals surface area contributed by atoms with Crippen molar-refractivity contribution in [3.63, 3.8) is 0 Å². The molecule has 0 aliphatic rings. The highest BCUT2D eigenvalue weighted by Gasteiger charge is 2.13. The Labute approximate surface area is 160 Å². The van der Waals surface area contributed by atoms with Gasteiger partial charge < -0.3 is 15.2 Å². The number of methoxy groups -OCH3 is 1. The molecule has 0 aliphatic carbocycles. The fourth-order valence-corrected chi connectivity index (χ4v) is 2.86. The molecule has 0 saturated heterocycles. The summed E-state index contributed by atoms with van der Waals surface area (Å²) >= 11 is 6.06. The summed E-state index contributed by atoms with van der Waals surface area (Å²) < 4.78 is 5.32. The molecule has 134 valence electrons. The van der Waals surface area contributed by atoms with Crippen molar-refractivity contribution in [3.05, 3.63) is 65.9 Å². The van der Waals surface area contributed by atoms with E-state index in [0.29, 0.717) is 28.1 Å². The van der Waals surface area contributed by atoms with Gasteiger partial charge in [0.05, 0.1) is 18.3 Å². The molecule has 2 aromatic heterocycles. The molecular formula is C20H15ClN4O2. The van der Waals surface area contributed by atoms with Gasteiger partial charge in [0.25, 0.3) is 0 Å². The summed E-state index contributed by atoms with van der Waals surface area (Å²) in [5.74, 6) is 1.79. The first kappa shape index (κ1) is 17.1. The normalized spacial score (nSPS) is 10.7. The lowest BCUT2D eigenvalue weighted by Crippen LogP contribution is -2.00. The predicted molar refractivity (Wildman–Crippen MR) is 106 cm³/mol. The maximum atomic E-state index is 10.2. The Balaban J connectivity index is 1.91. The highest BCUT2D eigenvalue weighted by molar-refractivity contribution is 6.31. The first-order valence-electron chi connectivity index (χ1n) is 8.16. The summed E-state index contributed by atoms with van der Waals surface area (Å²) in [5.41, 5.74) is 1.96. The molecule has 4 rings (SSSR count). The number of benzene rings is 2. The van der Waals surface area contributed by atoms with Crippen molar-refractivity contribution in [3.8, 4) is 22.9 Å². The van der Waals surface area contributed by atoms with Crippen molar-refractivity contribution in [1.82, 2.24) is 15.0 Å². The topological polar surface area (TPSA) is 80.2 Å². The van der Waals surface area contributed by atoms with E-state index < -0.39 is 0 Å². The smallest absolute Gasteiger partial charge is 0.163 e. The minimum atomic E-state index is 0.0667. The van der Waals surface area contributed by atoms with Crippen LogP contribution in [-0.2, 0) is 0 Å². The van der Waals surface area contributed by atoms with E-state index >= 15 is 0 Å². The molecule has 0 atom stereocenters. The summed E-state index contributed by atoms with van der Waals surface area (Å²) in [6.45, 7) is 0. The molecule has 2 N–H and O–H groups in total. The first-order chi connectivity index (χ1) is 13.1. The third-order valence-corrected chi connectivity index (χ3v) is 4.27. The monoisotopic (exact) mass is 378 g/mol. The van der Waals surface area contributed by atoms with E-state index in [9.17, 15) is 5.11 Å². The Kier molecular flexibility index (Phi) is 4.48. The lowest BCUT2D eigenvalue weighted by atomic mass is 10.2. The number of halogens is 1. The zero-order chi connectivity index (χ0) is 18.8. The molecule has 27 heavy (non-hydrogen) atoms. The number of nitrogens with one attached hydrogen (secondary N) is 1. The molecule has 0 amide bonds. The van der Waals surface area contributed by atoms with Gasteiger partial charge in [-0.1, -0.05) is 11.6 Å². The van der Waals surface area contributed by atoms with Crippen LogP contribution in [0.3, 0.4) is 0 Å². The summed E-state index contributed by atoms with van der Waals surface area (Å²) in [7, 11) is 1.60. The van der Waals surface area contributed by atoms with Gasteiger partial charge in [-0.05, 0) is 48.5 Å². The summed E-state index contributed by atoms with van der Waals surface area (Å²) in [6.07, 6.45) is 3.39. The van der Waals surface area contributed by atoms with E-state index in [-0.39, 0.29) is 5.75 Å². The Morgan fingerprint density at radius 2 is 1.96 bits per heavy atom. The predicted octanol–water partition coefficient (Wildman–Crippen LogP) is 4.80. The Morgan fingerprint density at radius 3 is 2.74 bits per heavy atom. The lowest BCUT2D eigenvalue weighted by Gasteiger charge is -2.13. The van der Waals surface area contributed by atoms with Crippen molar-refractivity contribution in [2.45, 2.75) is 0 Å². The van der Waals surface area contributed by atoms with Gasteiger partial charge in [-0.3, -0.25) is 4.98 Å². The molecule has 0 fully saturated rings. The molecule has 0 spiro atoms. The van der Waals surface area contributed by atoms with Crippen molar-refractivity contribution in [2.24, 2.45) is 0 Å². The number of ether oxygens (including phenoxy) is 1. The number of nitrogens with zero attached hydrogens (tertiary/aromatic N) is 3. The summed E-state index contributed by atoms with van der Waals surface area (Å²) in [5, 5.41) is 14.6. The Hall–Kier alpha value is -3.38. The number of pyridine rings is 1. The quantitative estimate of drug-likeness (QED) is 0.496. The van der Waals surface area contributed by atoms with Gasteiger partial charge in [0.15, 0.2) is 5.82 Å². The van der Waals surface area contributed by atoms with E-state index in [4.69, 9.17) is 16.3 Å². The Morgan fingerprint density at radius 1 is 1.07 bits per heavy atom. The Bertz CT molecular complexity index is 1120. The first-order valence-corrected chi connectivity index (χ1v) is 8.53. The number of phenols is 1. The average molecular weight is 379 g/mol. The van der Waals surface area contributed by atoms with E-state index in [1.165, 1.54) is 6.07 Å². The molecule has 4 aromatic rings. The minimum absolute atomic E-state index is 0.0667. The van der Waals surface area contributed by atoms with Crippen molar-refractivity contribution in [2.75, 3.05) is 12.4 Å². The third-order valence-electron chi connectivity index (χ3n) is 4.03. The van der Waals surface area contributed by atoms with E-state index in [0.717, 1.165) is 16.5 Å². The van der Waals surface area contributed by atoms with Crippen LogP contribution >= 0.6 is 11.6 Å². The molecule has 2 heterocycles. The fraction of sp³-hybridized carbons (Fsp3) is 0.0500. The maximum absolute atomic E-state index is 10.2. The van der Waals surface area contributed by atoms with Crippen LogP contribution in [0, 0.1) is 0 Å². The van der Waals surface area contributed by atoms with Crippen LogP contribution in [0.25, 0.3) is 22.3 Å². The number of aromatic hydroxyl groups is 1. The molecule has 0 radical (unpaired) electrons. The number of hydrogen-bond donors (Lipinski definition) is 2. The zero-order valence-corrected chi connectivity index (χ0v) is 15.1. The van der Waals surface area contributed by atoms with Gasteiger partial charge in [0.1, 0.15) is 17.3 Å². The van der Waals surface area contributed by atoms with Crippen LogP contribution < -0.4 is 10.1 Å². The largest absolute Gasteiger partial charge is 0.506 e. The minimum Gasteiger partial charge on any atom is -0.506 e. The highest BCUT2D eigenvalue weighted by atomic mass is 35.5. The number of anilines is 2. The van der Waals surface area contributed by atoms with Gasteiger partial charge >= 0.3 is 0 Å². The number of hydrogen-bond acceptors (Lipinski definition) is 6. The van der Waals surface area contributed by atoms with Crippen molar-refractivity contribution in [1.29, 1.82) is 0 Å².